The van der Waals surface area contributed by atoms with E-state index in [9.17, 15) is 9.59 Å². The molecule has 0 radical (unpaired) electrons. The molecule has 2 aromatic carbocycles. The molecule has 0 aliphatic heterocycles. The van der Waals surface area contributed by atoms with E-state index in [1.165, 1.54) is 0 Å². The van der Waals surface area contributed by atoms with Crippen LogP contribution in [0.2, 0.25) is 5.02 Å². The number of ether oxygens (including phenoxy) is 1. The number of aryl methyl sites for hydroxylation is 2. The summed E-state index contributed by atoms with van der Waals surface area (Å²) in [5.74, 6) is 0.0813. The normalized spacial score (nSPS) is 12.3. The third-order valence-electron chi connectivity index (χ3n) is 4.68. The number of carbonyl (C=O) groups is 2. The molecule has 7 heteroatoms. The van der Waals surface area contributed by atoms with Crippen molar-refractivity contribution in [3.63, 3.8) is 0 Å². The van der Waals surface area contributed by atoms with Crippen LogP contribution >= 0.6 is 27.5 Å². The van der Waals surface area contributed by atoms with E-state index in [0.29, 0.717) is 17.3 Å². The van der Waals surface area contributed by atoms with Crippen molar-refractivity contribution >= 4 is 39.3 Å². The fourth-order valence-corrected chi connectivity index (χ4v) is 3.66. The molecule has 1 N–H and O–H groups in total. The highest BCUT2D eigenvalue weighted by molar-refractivity contribution is 9.10. The molecule has 0 spiro atoms. The molecule has 0 bridgehead atoms. The summed E-state index contributed by atoms with van der Waals surface area (Å²) in [6.07, 6.45) is 0. The van der Waals surface area contributed by atoms with Crippen molar-refractivity contribution in [3.8, 4) is 5.75 Å². The molecule has 1 unspecified atom stereocenters. The fourth-order valence-electron chi connectivity index (χ4n) is 3.11. The summed E-state index contributed by atoms with van der Waals surface area (Å²) in [6.45, 7) is 11.4. The molecule has 0 heterocycles. The molecule has 0 saturated carbocycles. The zero-order valence-electron chi connectivity index (χ0n) is 18.9. The third kappa shape index (κ3) is 7.54. The first-order valence-corrected chi connectivity index (χ1v) is 11.3. The van der Waals surface area contributed by atoms with Gasteiger partial charge in [-0.1, -0.05) is 39.7 Å². The number of benzene rings is 2. The first kappa shape index (κ1) is 25.2. The predicted octanol–water partition coefficient (Wildman–Crippen LogP) is 5.43. The average molecular weight is 510 g/mol. The molecule has 0 saturated heterocycles. The number of hydrogen-bond donors (Lipinski definition) is 1. The summed E-state index contributed by atoms with van der Waals surface area (Å²) in [4.78, 5) is 27.5. The Balaban J connectivity index is 2.21. The molecular formula is C24H30BrClN2O3. The van der Waals surface area contributed by atoms with Crippen molar-refractivity contribution < 1.29 is 14.3 Å². The van der Waals surface area contributed by atoms with Crippen LogP contribution in [-0.2, 0) is 16.1 Å². The zero-order valence-corrected chi connectivity index (χ0v) is 21.2. The number of halogens is 2. The lowest BCUT2D eigenvalue weighted by Crippen LogP contribution is -2.53. The van der Waals surface area contributed by atoms with Crippen LogP contribution in [0.1, 0.15) is 44.4 Å². The Morgan fingerprint density at radius 1 is 1.16 bits per heavy atom. The minimum Gasteiger partial charge on any atom is -0.484 e. The molecule has 0 aliphatic carbocycles. The number of carbonyl (C=O) groups excluding carboxylic acids is 2. The van der Waals surface area contributed by atoms with Gasteiger partial charge in [0.15, 0.2) is 6.61 Å². The monoisotopic (exact) mass is 508 g/mol. The van der Waals surface area contributed by atoms with Crippen molar-refractivity contribution in [2.24, 2.45) is 0 Å². The van der Waals surface area contributed by atoms with E-state index >= 15 is 0 Å². The van der Waals surface area contributed by atoms with Crippen LogP contribution in [0.3, 0.4) is 0 Å². The lowest BCUT2D eigenvalue weighted by Gasteiger charge is -2.31. The van der Waals surface area contributed by atoms with Gasteiger partial charge in [-0.2, -0.15) is 0 Å². The van der Waals surface area contributed by atoms with E-state index in [0.717, 1.165) is 21.2 Å². The van der Waals surface area contributed by atoms with Gasteiger partial charge < -0.3 is 15.0 Å². The molecule has 1 atom stereocenters. The van der Waals surface area contributed by atoms with Crippen LogP contribution in [0, 0.1) is 13.8 Å². The van der Waals surface area contributed by atoms with Crippen LogP contribution < -0.4 is 10.1 Å². The topological polar surface area (TPSA) is 58.6 Å². The number of nitrogens with one attached hydrogen (secondary N) is 1. The maximum absolute atomic E-state index is 13.1. The Morgan fingerprint density at radius 2 is 1.77 bits per heavy atom. The van der Waals surface area contributed by atoms with Crippen molar-refractivity contribution in [2.45, 2.75) is 59.7 Å². The molecule has 168 valence electrons. The van der Waals surface area contributed by atoms with Gasteiger partial charge in [-0.3, -0.25) is 9.59 Å². The first-order valence-electron chi connectivity index (χ1n) is 10.1. The zero-order chi connectivity index (χ0) is 23.3. The summed E-state index contributed by atoms with van der Waals surface area (Å²) >= 11 is 9.67. The highest BCUT2D eigenvalue weighted by atomic mass is 79.9. The largest absolute Gasteiger partial charge is 0.484 e. The Kier molecular flexibility index (Phi) is 8.55. The SMILES string of the molecule is Cc1cc(OCC(=O)N(Cc2cccc(Br)c2)C(C)C(=O)NC(C)(C)C)cc(C)c1Cl. The van der Waals surface area contributed by atoms with E-state index in [2.05, 4.69) is 21.2 Å². The average Bonchev–Trinajstić information content (AvgIpc) is 2.66. The molecule has 2 aromatic rings. The van der Waals surface area contributed by atoms with Crippen molar-refractivity contribution in [1.29, 1.82) is 0 Å². The highest BCUT2D eigenvalue weighted by Gasteiger charge is 2.28. The maximum atomic E-state index is 13.1. The van der Waals surface area contributed by atoms with Crippen LogP contribution in [0.4, 0.5) is 0 Å². The van der Waals surface area contributed by atoms with E-state index in [1.807, 2.05) is 58.9 Å². The third-order valence-corrected chi connectivity index (χ3v) is 5.77. The van der Waals surface area contributed by atoms with E-state index in [1.54, 1.807) is 24.0 Å². The van der Waals surface area contributed by atoms with Crippen molar-refractivity contribution in [2.75, 3.05) is 6.61 Å². The van der Waals surface area contributed by atoms with Crippen molar-refractivity contribution in [3.05, 3.63) is 62.6 Å². The predicted molar refractivity (Wildman–Crippen MR) is 128 cm³/mol. The van der Waals surface area contributed by atoms with Gasteiger partial charge in [-0.15, -0.1) is 0 Å². The minimum absolute atomic E-state index is 0.179. The molecule has 2 rings (SSSR count). The Bertz CT molecular complexity index is 933. The van der Waals surface area contributed by atoms with Gasteiger partial charge in [0.1, 0.15) is 11.8 Å². The minimum atomic E-state index is -0.664. The van der Waals surface area contributed by atoms with E-state index in [-0.39, 0.29) is 18.4 Å². The maximum Gasteiger partial charge on any atom is 0.261 e. The summed E-state index contributed by atoms with van der Waals surface area (Å²) in [5.41, 5.74) is 2.28. The molecule has 5 nitrogen and oxygen atoms in total. The Morgan fingerprint density at radius 3 is 2.32 bits per heavy atom. The molecule has 0 aromatic heterocycles. The van der Waals surface area contributed by atoms with Gasteiger partial charge >= 0.3 is 0 Å². The lowest BCUT2D eigenvalue weighted by atomic mass is 10.1. The van der Waals surface area contributed by atoms with Gasteiger partial charge in [0.25, 0.3) is 5.91 Å². The quantitative estimate of drug-likeness (QED) is 0.541. The molecule has 31 heavy (non-hydrogen) atoms. The Labute approximate surface area is 198 Å². The van der Waals surface area contributed by atoms with Gasteiger partial charge in [0.2, 0.25) is 5.91 Å². The molecular weight excluding hydrogens is 480 g/mol. The Hall–Kier alpha value is -2.05. The second-order valence-corrected chi connectivity index (χ2v) is 10.0. The van der Waals surface area contributed by atoms with Crippen LogP contribution in [-0.4, -0.2) is 34.9 Å². The standard InChI is InChI=1S/C24H30BrClN2O3/c1-15-10-20(11-16(2)22(15)26)31-14-21(29)28(13-18-8-7-9-19(25)12-18)17(3)23(30)27-24(4,5)6/h7-12,17H,13-14H2,1-6H3,(H,27,30). The van der Waals surface area contributed by atoms with Crippen LogP contribution in [0.5, 0.6) is 5.75 Å². The van der Waals surface area contributed by atoms with Crippen molar-refractivity contribution in [1.82, 2.24) is 10.2 Å². The highest BCUT2D eigenvalue weighted by Crippen LogP contribution is 2.26. The molecule has 2 amide bonds. The van der Waals surface area contributed by atoms with E-state index in [4.69, 9.17) is 16.3 Å². The van der Waals surface area contributed by atoms with Crippen LogP contribution in [0.25, 0.3) is 0 Å². The summed E-state index contributed by atoms with van der Waals surface area (Å²) in [7, 11) is 0. The van der Waals surface area contributed by atoms with E-state index < -0.39 is 11.6 Å². The first-order chi connectivity index (χ1) is 14.4. The number of rotatable bonds is 7. The summed E-state index contributed by atoms with van der Waals surface area (Å²) in [5, 5.41) is 3.63. The summed E-state index contributed by atoms with van der Waals surface area (Å²) < 4.78 is 6.68. The smallest absolute Gasteiger partial charge is 0.261 e. The number of nitrogens with zero attached hydrogens (tertiary/aromatic N) is 1. The second-order valence-electron chi connectivity index (χ2n) is 8.73. The molecule has 0 fully saturated rings. The fraction of sp³-hybridized carbons (Fsp3) is 0.417. The lowest BCUT2D eigenvalue weighted by molar-refractivity contribution is -0.142. The van der Waals surface area contributed by atoms with Crippen LogP contribution in [0.15, 0.2) is 40.9 Å². The second kappa shape index (κ2) is 10.5. The van der Waals surface area contributed by atoms with Gasteiger partial charge in [-0.05, 0) is 82.5 Å². The molecule has 0 aliphatic rings. The van der Waals surface area contributed by atoms with Gasteiger partial charge in [-0.25, -0.2) is 0 Å². The number of hydrogen-bond acceptors (Lipinski definition) is 3. The van der Waals surface area contributed by atoms with Gasteiger partial charge in [0, 0.05) is 21.6 Å². The van der Waals surface area contributed by atoms with Gasteiger partial charge in [0.05, 0.1) is 0 Å². The number of amides is 2. The summed E-state index contributed by atoms with van der Waals surface area (Å²) in [6, 6.07) is 10.6.